The third-order valence-corrected chi connectivity index (χ3v) is 4.15. The lowest BCUT2D eigenvalue weighted by molar-refractivity contribution is 0.101. The summed E-state index contributed by atoms with van der Waals surface area (Å²) in [5.41, 5.74) is 2.91. The first-order valence-electron chi connectivity index (χ1n) is 8.81. The van der Waals surface area contributed by atoms with Gasteiger partial charge in [0.25, 0.3) is 5.91 Å². The summed E-state index contributed by atoms with van der Waals surface area (Å²) in [5.74, 6) is 0.454. The zero-order valence-electron chi connectivity index (χ0n) is 15.1. The molecule has 0 bridgehead atoms. The topological polar surface area (TPSA) is 55.4 Å². The number of ketones is 1. The average molecular weight is 359 g/mol. The quantitative estimate of drug-likeness (QED) is 0.619. The lowest BCUT2D eigenvalue weighted by Gasteiger charge is -2.09. The van der Waals surface area contributed by atoms with Gasteiger partial charge >= 0.3 is 0 Å². The van der Waals surface area contributed by atoms with Crippen LogP contribution in [0, 0.1) is 0 Å². The van der Waals surface area contributed by atoms with Gasteiger partial charge in [0.1, 0.15) is 5.75 Å². The molecule has 0 aliphatic heterocycles. The van der Waals surface area contributed by atoms with Gasteiger partial charge in [-0.2, -0.15) is 0 Å². The smallest absolute Gasteiger partial charge is 0.255 e. The fourth-order valence-corrected chi connectivity index (χ4v) is 2.65. The number of ether oxygens (including phenoxy) is 1. The van der Waals surface area contributed by atoms with Gasteiger partial charge in [0.15, 0.2) is 5.78 Å². The van der Waals surface area contributed by atoms with Crippen molar-refractivity contribution in [1.82, 2.24) is 0 Å². The van der Waals surface area contributed by atoms with Crippen molar-refractivity contribution in [3.05, 3.63) is 95.6 Å². The summed E-state index contributed by atoms with van der Waals surface area (Å²) < 4.78 is 5.74. The summed E-state index contributed by atoms with van der Waals surface area (Å²) in [6.07, 6.45) is 0.829. The lowest BCUT2D eigenvalue weighted by atomic mass is 10.1. The van der Waals surface area contributed by atoms with E-state index < -0.39 is 0 Å². The van der Waals surface area contributed by atoms with Gasteiger partial charge in [0.05, 0.1) is 6.61 Å². The van der Waals surface area contributed by atoms with E-state index in [1.54, 1.807) is 48.5 Å². The van der Waals surface area contributed by atoms with Crippen LogP contribution in [0.15, 0.2) is 78.9 Å². The Morgan fingerprint density at radius 2 is 1.59 bits per heavy atom. The highest BCUT2D eigenvalue weighted by Crippen LogP contribution is 2.16. The SMILES string of the molecule is CC(=O)c1cccc(NC(=O)c2ccc(OCCc3ccccc3)cc2)c1. The van der Waals surface area contributed by atoms with Crippen LogP contribution in [0.5, 0.6) is 5.75 Å². The van der Waals surface area contributed by atoms with Gasteiger partial charge < -0.3 is 10.1 Å². The van der Waals surface area contributed by atoms with Gasteiger partial charge in [-0.05, 0) is 48.9 Å². The molecule has 0 aliphatic rings. The predicted octanol–water partition coefficient (Wildman–Crippen LogP) is 4.76. The molecule has 0 unspecified atom stereocenters. The standard InChI is InChI=1S/C23H21NO3/c1-17(25)20-8-5-9-21(16-20)24-23(26)19-10-12-22(13-11-19)27-15-14-18-6-3-2-4-7-18/h2-13,16H,14-15H2,1H3,(H,24,26). The molecule has 4 nitrogen and oxygen atoms in total. The van der Waals surface area contributed by atoms with Gasteiger partial charge in [-0.25, -0.2) is 0 Å². The third kappa shape index (κ3) is 5.28. The summed E-state index contributed by atoms with van der Waals surface area (Å²) in [4.78, 5) is 23.8. The van der Waals surface area contributed by atoms with Crippen LogP contribution in [-0.4, -0.2) is 18.3 Å². The summed E-state index contributed by atoms with van der Waals surface area (Å²) >= 11 is 0. The Morgan fingerprint density at radius 1 is 0.852 bits per heavy atom. The highest BCUT2D eigenvalue weighted by molar-refractivity contribution is 6.05. The van der Waals surface area contributed by atoms with Crippen molar-refractivity contribution in [2.24, 2.45) is 0 Å². The number of anilines is 1. The van der Waals surface area contributed by atoms with Crippen LogP contribution >= 0.6 is 0 Å². The summed E-state index contributed by atoms with van der Waals surface area (Å²) in [6.45, 7) is 2.07. The Morgan fingerprint density at radius 3 is 2.30 bits per heavy atom. The molecule has 1 N–H and O–H groups in total. The Balaban J connectivity index is 1.55. The molecule has 27 heavy (non-hydrogen) atoms. The molecule has 4 heteroatoms. The highest BCUT2D eigenvalue weighted by atomic mass is 16.5. The lowest BCUT2D eigenvalue weighted by Crippen LogP contribution is -2.12. The summed E-state index contributed by atoms with van der Waals surface area (Å²) in [6, 6.07) is 24.0. The largest absolute Gasteiger partial charge is 0.493 e. The van der Waals surface area contributed by atoms with Gasteiger partial charge in [0.2, 0.25) is 0 Å². The van der Waals surface area contributed by atoms with Crippen LogP contribution in [0.2, 0.25) is 0 Å². The maximum absolute atomic E-state index is 12.4. The molecule has 0 aromatic heterocycles. The minimum Gasteiger partial charge on any atom is -0.493 e. The van der Waals surface area contributed by atoms with E-state index in [1.165, 1.54) is 12.5 Å². The van der Waals surface area contributed by atoms with E-state index >= 15 is 0 Å². The predicted molar refractivity (Wildman–Crippen MR) is 106 cm³/mol. The van der Waals surface area contributed by atoms with E-state index in [1.807, 2.05) is 18.2 Å². The molecule has 3 aromatic carbocycles. The van der Waals surface area contributed by atoms with Crippen molar-refractivity contribution in [1.29, 1.82) is 0 Å². The van der Waals surface area contributed by atoms with E-state index in [4.69, 9.17) is 4.74 Å². The molecule has 0 saturated carbocycles. The van der Waals surface area contributed by atoms with Crippen molar-refractivity contribution in [2.75, 3.05) is 11.9 Å². The maximum Gasteiger partial charge on any atom is 0.255 e. The number of benzene rings is 3. The number of Topliss-reactive ketones (excluding diaryl/α,β-unsaturated/α-hetero) is 1. The first kappa shape index (κ1) is 18.4. The van der Waals surface area contributed by atoms with Gasteiger partial charge in [-0.1, -0.05) is 42.5 Å². The van der Waals surface area contributed by atoms with Crippen molar-refractivity contribution in [2.45, 2.75) is 13.3 Å². The van der Waals surface area contributed by atoms with E-state index in [0.29, 0.717) is 23.4 Å². The number of hydrogen-bond acceptors (Lipinski definition) is 3. The zero-order valence-corrected chi connectivity index (χ0v) is 15.1. The van der Waals surface area contributed by atoms with E-state index in [9.17, 15) is 9.59 Å². The van der Waals surface area contributed by atoms with Crippen molar-refractivity contribution in [3.8, 4) is 5.75 Å². The third-order valence-electron chi connectivity index (χ3n) is 4.15. The van der Waals surface area contributed by atoms with Crippen molar-refractivity contribution < 1.29 is 14.3 Å². The number of hydrogen-bond donors (Lipinski definition) is 1. The van der Waals surface area contributed by atoms with Crippen LogP contribution in [0.3, 0.4) is 0 Å². The van der Waals surface area contributed by atoms with Crippen LogP contribution in [-0.2, 0) is 6.42 Å². The van der Waals surface area contributed by atoms with Crippen LogP contribution < -0.4 is 10.1 Å². The summed E-state index contributed by atoms with van der Waals surface area (Å²) in [7, 11) is 0. The number of carbonyl (C=O) groups is 2. The molecular formula is C23H21NO3. The molecule has 0 spiro atoms. The van der Waals surface area contributed by atoms with Gasteiger partial charge in [-0.3, -0.25) is 9.59 Å². The summed E-state index contributed by atoms with van der Waals surface area (Å²) in [5, 5.41) is 2.81. The van der Waals surface area contributed by atoms with Crippen LogP contribution in [0.4, 0.5) is 5.69 Å². The van der Waals surface area contributed by atoms with E-state index in [2.05, 4.69) is 17.4 Å². The van der Waals surface area contributed by atoms with E-state index in [0.717, 1.165) is 12.2 Å². The average Bonchev–Trinajstić information content (AvgIpc) is 2.69. The fourth-order valence-electron chi connectivity index (χ4n) is 2.65. The van der Waals surface area contributed by atoms with Crippen molar-refractivity contribution >= 4 is 17.4 Å². The normalized spacial score (nSPS) is 10.3. The second-order valence-electron chi connectivity index (χ2n) is 6.20. The molecule has 136 valence electrons. The number of rotatable bonds is 7. The first-order chi connectivity index (χ1) is 13.1. The van der Waals surface area contributed by atoms with Crippen molar-refractivity contribution in [3.63, 3.8) is 0 Å². The molecule has 3 rings (SSSR count). The zero-order chi connectivity index (χ0) is 19.1. The maximum atomic E-state index is 12.4. The fraction of sp³-hybridized carbons (Fsp3) is 0.130. The Labute approximate surface area is 158 Å². The molecule has 0 heterocycles. The van der Waals surface area contributed by atoms with E-state index in [-0.39, 0.29) is 11.7 Å². The first-order valence-corrected chi connectivity index (χ1v) is 8.81. The minimum atomic E-state index is -0.230. The number of carbonyl (C=O) groups excluding carboxylic acids is 2. The van der Waals surface area contributed by atoms with Crippen LogP contribution in [0.25, 0.3) is 0 Å². The Hall–Kier alpha value is -3.40. The Kier molecular flexibility index (Phi) is 6.00. The molecular weight excluding hydrogens is 338 g/mol. The highest BCUT2D eigenvalue weighted by Gasteiger charge is 2.08. The molecule has 0 atom stereocenters. The molecule has 0 saturated heterocycles. The van der Waals surface area contributed by atoms with Gasteiger partial charge in [-0.15, -0.1) is 0 Å². The molecule has 0 radical (unpaired) electrons. The second kappa shape index (κ2) is 8.81. The monoisotopic (exact) mass is 359 g/mol. The van der Waals surface area contributed by atoms with Crippen LogP contribution in [0.1, 0.15) is 33.2 Å². The minimum absolute atomic E-state index is 0.0388. The number of nitrogens with one attached hydrogen (secondary N) is 1. The molecule has 0 aliphatic carbocycles. The molecule has 3 aromatic rings. The van der Waals surface area contributed by atoms with Gasteiger partial charge in [0, 0.05) is 23.2 Å². The second-order valence-corrected chi connectivity index (χ2v) is 6.20. The molecule has 0 fully saturated rings. The molecule has 1 amide bonds. The number of amides is 1. The Bertz CT molecular complexity index is 918.